The Morgan fingerprint density at radius 3 is 2.49 bits per heavy atom. The number of rotatable bonds is 9. The van der Waals surface area contributed by atoms with E-state index in [0.29, 0.717) is 63.2 Å². The molecular formula is C36H42N6O5. The van der Waals surface area contributed by atoms with Gasteiger partial charge in [-0.3, -0.25) is 14.4 Å². The molecule has 4 amide bonds. The van der Waals surface area contributed by atoms with Gasteiger partial charge in [-0.25, -0.2) is 9.78 Å². The van der Waals surface area contributed by atoms with Gasteiger partial charge in [-0.1, -0.05) is 43.3 Å². The second-order valence-corrected chi connectivity index (χ2v) is 12.9. The van der Waals surface area contributed by atoms with Crippen LogP contribution < -0.4 is 16.0 Å². The number of ether oxygens (including phenoxy) is 1. The number of amides is 4. The summed E-state index contributed by atoms with van der Waals surface area (Å²) in [6.07, 6.45) is 3.95. The standard InChI is InChI=1S/C36H42N6O5/c1-4-35(13-16-41(17-14-35)34(46)47-3)33(45)42(22-26-9-6-5-8-25(26)21-37-2)23-30(43)39-28-12-11-24-19-36(20-27(24)18-28)29-10-7-15-38-31(29)40-32(36)44/h5-12,15,18,37H,4,13-14,16-17,19-23H2,1-3H3,(H,39,43)(H,38,40,44)/t36-/m1/s1. The van der Waals surface area contributed by atoms with Crippen LogP contribution >= 0.6 is 0 Å². The largest absolute Gasteiger partial charge is 0.453 e. The zero-order valence-corrected chi connectivity index (χ0v) is 27.2. The number of fused-ring (bicyclic) bond motifs is 3. The number of piperidine rings is 1. The third kappa shape index (κ3) is 6.07. The summed E-state index contributed by atoms with van der Waals surface area (Å²) in [6.45, 7) is 3.61. The lowest BCUT2D eigenvalue weighted by atomic mass is 9.74. The minimum Gasteiger partial charge on any atom is -0.453 e. The lowest BCUT2D eigenvalue weighted by Crippen LogP contribution is -2.52. The molecule has 246 valence electrons. The number of aromatic nitrogens is 1. The average molecular weight is 639 g/mol. The van der Waals surface area contributed by atoms with Crippen LogP contribution in [-0.4, -0.2) is 72.4 Å². The van der Waals surface area contributed by atoms with Crippen LogP contribution in [0.25, 0.3) is 0 Å². The number of nitrogens with one attached hydrogen (secondary N) is 3. The first-order valence-electron chi connectivity index (χ1n) is 16.2. The van der Waals surface area contributed by atoms with Crippen LogP contribution in [0.2, 0.25) is 0 Å². The summed E-state index contributed by atoms with van der Waals surface area (Å²) in [5, 5.41) is 9.15. The number of hydrogen-bond donors (Lipinski definition) is 3. The van der Waals surface area contributed by atoms with E-state index in [-0.39, 0.29) is 30.8 Å². The summed E-state index contributed by atoms with van der Waals surface area (Å²) in [5.41, 5.74) is 4.22. The van der Waals surface area contributed by atoms with Crippen molar-refractivity contribution in [2.45, 2.75) is 57.5 Å². The molecule has 1 atom stereocenters. The molecule has 2 aliphatic heterocycles. The highest BCUT2D eigenvalue weighted by Crippen LogP contribution is 2.47. The fourth-order valence-electron chi connectivity index (χ4n) is 7.50. The predicted octanol–water partition coefficient (Wildman–Crippen LogP) is 4.02. The van der Waals surface area contributed by atoms with Crippen molar-refractivity contribution in [1.29, 1.82) is 0 Å². The first-order chi connectivity index (χ1) is 22.7. The van der Waals surface area contributed by atoms with Gasteiger partial charge in [0.2, 0.25) is 17.7 Å². The highest BCUT2D eigenvalue weighted by atomic mass is 16.5. The van der Waals surface area contributed by atoms with Crippen LogP contribution in [0.4, 0.5) is 16.3 Å². The van der Waals surface area contributed by atoms with Crippen molar-refractivity contribution >= 4 is 35.3 Å². The van der Waals surface area contributed by atoms with Gasteiger partial charge < -0.3 is 30.5 Å². The fraction of sp³-hybridized carbons (Fsp3) is 0.417. The Labute approximate surface area is 275 Å². The second-order valence-electron chi connectivity index (χ2n) is 12.9. The molecular weight excluding hydrogens is 596 g/mol. The number of hydrogen-bond acceptors (Lipinski definition) is 7. The maximum Gasteiger partial charge on any atom is 0.409 e. The minimum atomic E-state index is -0.698. The third-order valence-electron chi connectivity index (χ3n) is 10.2. The van der Waals surface area contributed by atoms with Crippen molar-refractivity contribution in [3.63, 3.8) is 0 Å². The first-order valence-corrected chi connectivity index (χ1v) is 16.2. The van der Waals surface area contributed by atoms with Gasteiger partial charge in [-0.2, -0.15) is 0 Å². The van der Waals surface area contributed by atoms with Gasteiger partial charge in [-0.15, -0.1) is 0 Å². The number of carbonyl (C=O) groups excluding carboxylic acids is 4. The van der Waals surface area contributed by atoms with Crippen molar-refractivity contribution in [2.75, 3.05) is 44.4 Å². The average Bonchev–Trinajstić information content (AvgIpc) is 3.60. The van der Waals surface area contributed by atoms with Gasteiger partial charge in [0.1, 0.15) is 12.4 Å². The number of pyridine rings is 1. The summed E-state index contributed by atoms with van der Waals surface area (Å²) in [4.78, 5) is 61.1. The van der Waals surface area contributed by atoms with E-state index in [1.807, 2.05) is 68.6 Å². The molecule has 2 aromatic carbocycles. The summed E-state index contributed by atoms with van der Waals surface area (Å²) in [7, 11) is 3.24. The molecule has 1 saturated heterocycles. The lowest BCUT2D eigenvalue weighted by molar-refractivity contribution is -0.148. The molecule has 0 radical (unpaired) electrons. The number of methoxy groups -OCH3 is 1. The molecule has 3 N–H and O–H groups in total. The SMILES string of the molecule is CCC1(C(=O)N(CC(=O)Nc2ccc3c(c2)C[C@@]2(C3)C(=O)Nc3ncccc32)Cc2ccccc2CNC)CCN(C(=O)OC)CC1. The first kappa shape index (κ1) is 32.2. The Hall–Kier alpha value is -4.77. The highest BCUT2D eigenvalue weighted by molar-refractivity contribution is 6.06. The van der Waals surface area contributed by atoms with E-state index in [1.165, 1.54) is 7.11 Å². The van der Waals surface area contributed by atoms with Crippen LogP contribution in [0.15, 0.2) is 60.8 Å². The number of nitrogens with zero attached hydrogens (tertiary/aromatic N) is 3. The number of anilines is 2. The summed E-state index contributed by atoms with van der Waals surface area (Å²) < 4.78 is 4.91. The van der Waals surface area contributed by atoms with Gasteiger partial charge in [-0.05, 0) is 79.6 Å². The minimum absolute atomic E-state index is 0.0528. The van der Waals surface area contributed by atoms with E-state index in [0.717, 1.165) is 27.8 Å². The molecule has 3 aromatic rings. The molecule has 3 aliphatic rings. The summed E-state index contributed by atoms with van der Waals surface area (Å²) in [5.74, 6) is 0.168. The summed E-state index contributed by atoms with van der Waals surface area (Å²) >= 11 is 0. The van der Waals surface area contributed by atoms with E-state index >= 15 is 0 Å². The Morgan fingerprint density at radius 2 is 1.77 bits per heavy atom. The van der Waals surface area contributed by atoms with Gasteiger partial charge in [0, 0.05) is 43.6 Å². The van der Waals surface area contributed by atoms with Crippen LogP contribution in [0.5, 0.6) is 0 Å². The zero-order chi connectivity index (χ0) is 33.2. The van der Waals surface area contributed by atoms with E-state index < -0.39 is 16.9 Å². The van der Waals surface area contributed by atoms with Crippen molar-refractivity contribution < 1.29 is 23.9 Å². The monoisotopic (exact) mass is 638 g/mol. The van der Waals surface area contributed by atoms with Crippen LogP contribution in [0, 0.1) is 5.41 Å². The topological polar surface area (TPSA) is 133 Å². The smallest absolute Gasteiger partial charge is 0.409 e. The number of likely N-dealkylation sites (tertiary alicyclic amines) is 1. The van der Waals surface area contributed by atoms with Gasteiger partial charge in [0.25, 0.3) is 0 Å². The molecule has 1 aromatic heterocycles. The van der Waals surface area contributed by atoms with Crippen LogP contribution in [0.1, 0.15) is 54.0 Å². The van der Waals surface area contributed by atoms with Crippen molar-refractivity contribution in [2.24, 2.45) is 5.41 Å². The molecule has 1 spiro atoms. The molecule has 0 unspecified atom stereocenters. The maximum atomic E-state index is 14.4. The third-order valence-corrected chi connectivity index (χ3v) is 10.2. The fourth-order valence-corrected chi connectivity index (χ4v) is 7.50. The Kier molecular flexibility index (Phi) is 9.01. The molecule has 1 fully saturated rings. The molecule has 11 heteroatoms. The van der Waals surface area contributed by atoms with Crippen molar-refractivity contribution in [1.82, 2.24) is 20.1 Å². The number of benzene rings is 2. The lowest BCUT2D eigenvalue weighted by Gasteiger charge is -2.42. The predicted molar refractivity (Wildman–Crippen MR) is 178 cm³/mol. The Morgan fingerprint density at radius 1 is 1.02 bits per heavy atom. The van der Waals surface area contributed by atoms with E-state index in [1.54, 1.807) is 16.0 Å². The van der Waals surface area contributed by atoms with Crippen molar-refractivity contribution in [3.8, 4) is 0 Å². The quantitative estimate of drug-likeness (QED) is 0.323. The highest BCUT2D eigenvalue weighted by Gasteiger charge is 2.51. The number of carbonyl (C=O) groups is 4. The maximum absolute atomic E-state index is 14.4. The van der Waals surface area contributed by atoms with Crippen molar-refractivity contribution in [3.05, 3.63) is 88.6 Å². The van der Waals surface area contributed by atoms with Crippen LogP contribution in [0.3, 0.4) is 0 Å². The summed E-state index contributed by atoms with van der Waals surface area (Å²) in [6, 6.07) is 17.5. The normalized spacial score (nSPS) is 19.1. The molecule has 6 rings (SSSR count). The molecule has 3 heterocycles. The molecule has 1 aliphatic carbocycles. The van der Waals surface area contributed by atoms with E-state index in [4.69, 9.17) is 4.74 Å². The molecule has 11 nitrogen and oxygen atoms in total. The second kappa shape index (κ2) is 13.2. The Bertz CT molecular complexity index is 1700. The van der Waals surface area contributed by atoms with Gasteiger partial charge >= 0.3 is 6.09 Å². The molecule has 0 bridgehead atoms. The van der Waals surface area contributed by atoms with Crippen LogP contribution in [-0.2, 0) is 50.5 Å². The van der Waals surface area contributed by atoms with Gasteiger partial charge in [0.05, 0.1) is 17.9 Å². The van der Waals surface area contributed by atoms with E-state index in [9.17, 15) is 19.2 Å². The Balaban J connectivity index is 1.21. The van der Waals surface area contributed by atoms with Gasteiger partial charge in [0.15, 0.2) is 0 Å². The molecule has 0 saturated carbocycles. The van der Waals surface area contributed by atoms with E-state index in [2.05, 4.69) is 20.9 Å². The zero-order valence-electron chi connectivity index (χ0n) is 27.2. The molecule has 47 heavy (non-hydrogen) atoms.